The Hall–Kier alpha value is -2.95. The lowest BCUT2D eigenvalue weighted by Crippen LogP contribution is -2.38. The number of halogens is 6. The third-order valence-corrected chi connectivity index (χ3v) is 5.32. The van der Waals surface area contributed by atoms with Gasteiger partial charge < -0.3 is 15.2 Å². The van der Waals surface area contributed by atoms with Gasteiger partial charge in [-0.05, 0) is 41.8 Å². The van der Waals surface area contributed by atoms with Crippen LogP contribution in [0.5, 0.6) is 0 Å². The highest BCUT2D eigenvalue weighted by atomic mass is 19.4. The fraction of sp³-hybridized carbons (Fsp3) is 0.320. The monoisotopic (exact) mass is 498 g/mol. The highest BCUT2D eigenvalue weighted by molar-refractivity contribution is 5.61. The first-order valence-corrected chi connectivity index (χ1v) is 10.7. The number of aliphatic hydroxyl groups excluding tert-OH is 1. The highest BCUT2D eigenvalue weighted by Gasteiger charge is 2.34. The molecule has 0 saturated heterocycles. The summed E-state index contributed by atoms with van der Waals surface area (Å²) in [7, 11) is 1.52. The molecule has 10 heteroatoms. The number of nitrogens with one attached hydrogen (secondary N) is 1. The van der Waals surface area contributed by atoms with Gasteiger partial charge in [0.2, 0.25) is 0 Å². The summed E-state index contributed by atoms with van der Waals surface area (Å²) >= 11 is 0. The normalized spacial score (nSPS) is 14.1. The largest absolute Gasteiger partial charge is 0.433 e. The molecular formula is C25H24F6N2O2. The molecule has 1 aromatic heterocycles. The second-order valence-electron chi connectivity index (χ2n) is 8.01. The van der Waals surface area contributed by atoms with Crippen molar-refractivity contribution in [2.75, 3.05) is 20.3 Å². The second-order valence-corrected chi connectivity index (χ2v) is 8.01. The number of benzene rings is 2. The lowest BCUT2D eigenvalue weighted by molar-refractivity contribution is -0.141. The van der Waals surface area contributed by atoms with Gasteiger partial charge in [-0.1, -0.05) is 42.5 Å². The Morgan fingerprint density at radius 1 is 0.914 bits per heavy atom. The molecule has 35 heavy (non-hydrogen) atoms. The number of rotatable bonds is 9. The van der Waals surface area contributed by atoms with Crippen LogP contribution in [0.25, 0.3) is 11.3 Å². The van der Waals surface area contributed by atoms with E-state index in [1.54, 1.807) is 0 Å². The van der Waals surface area contributed by atoms with Gasteiger partial charge in [-0.3, -0.25) is 0 Å². The van der Waals surface area contributed by atoms with Crippen molar-refractivity contribution in [1.29, 1.82) is 0 Å². The Kier molecular flexibility index (Phi) is 8.52. The lowest BCUT2D eigenvalue weighted by atomic mass is 10.0. The maximum absolute atomic E-state index is 13.5. The van der Waals surface area contributed by atoms with Gasteiger partial charge in [-0.15, -0.1) is 0 Å². The van der Waals surface area contributed by atoms with E-state index in [4.69, 9.17) is 4.74 Å². The number of hydrogen-bond donors (Lipinski definition) is 2. The molecule has 188 valence electrons. The number of aliphatic hydroxyl groups is 1. The number of methoxy groups -OCH3 is 1. The molecule has 4 nitrogen and oxygen atoms in total. The van der Waals surface area contributed by atoms with Crippen molar-refractivity contribution >= 4 is 0 Å². The molecular weight excluding hydrogens is 474 g/mol. The van der Waals surface area contributed by atoms with E-state index in [0.717, 1.165) is 35.9 Å². The molecule has 0 fully saturated rings. The van der Waals surface area contributed by atoms with E-state index in [0.29, 0.717) is 13.0 Å². The average molecular weight is 498 g/mol. The molecule has 2 aromatic carbocycles. The van der Waals surface area contributed by atoms with E-state index in [1.807, 2.05) is 30.3 Å². The summed E-state index contributed by atoms with van der Waals surface area (Å²) in [6.45, 7) is 0.233. The van der Waals surface area contributed by atoms with Crippen LogP contribution in [0, 0.1) is 0 Å². The van der Waals surface area contributed by atoms with Gasteiger partial charge in [0.15, 0.2) is 0 Å². The molecule has 0 aliphatic heterocycles. The predicted octanol–water partition coefficient (Wildman–Crippen LogP) is 5.67. The molecule has 2 N–H and O–H groups in total. The molecule has 0 amide bonds. The number of pyridine rings is 1. The van der Waals surface area contributed by atoms with Crippen LogP contribution >= 0.6 is 0 Å². The maximum Gasteiger partial charge on any atom is 0.433 e. The molecule has 2 atom stereocenters. The third kappa shape index (κ3) is 7.51. The van der Waals surface area contributed by atoms with E-state index in [2.05, 4.69) is 10.3 Å². The Morgan fingerprint density at radius 3 is 2.14 bits per heavy atom. The summed E-state index contributed by atoms with van der Waals surface area (Å²) in [4.78, 5) is 3.57. The van der Waals surface area contributed by atoms with Crippen LogP contribution in [0.4, 0.5) is 26.3 Å². The standard InChI is InChI=1S/C25H24F6N2O2/c1-35-15-20(11-16-5-3-2-4-6-16)32-14-22(34)18-12-21(33-23(13-18)25(29,30)31)17-7-9-19(10-8-17)24(26,27)28/h2-10,12-13,20,22,32,34H,11,14-15H2,1H3/t20?,22-/m1/s1. The molecule has 1 heterocycles. The van der Waals surface area contributed by atoms with Crippen molar-refractivity contribution in [2.24, 2.45) is 0 Å². The Balaban J connectivity index is 1.83. The summed E-state index contributed by atoms with van der Waals surface area (Å²) in [5.74, 6) is 0. The molecule has 3 aromatic rings. The van der Waals surface area contributed by atoms with E-state index in [1.165, 1.54) is 13.2 Å². The zero-order valence-electron chi connectivity index (χ0n) is 18.7. The minimum absolute atomic E-state index is 0.0619. The number of alkyl halides is 6. The first kappa shape index (κ1) is 26.7. The van der Waals surface area contributed by atoms with Crippen molar-refractivity contribution in [1.82, 2.24) is 10.3 Å². The van der Waals surface area contributed by atoms with Crippen LogP contribution in [0.1, 0.15) is 28.5 Å². The van der Waals surface area contributed by atoms with Crippen LogP contribution in [0.2, 0.25) is 0 Å². The van der Waals surface area contributed by atoms with Crippen LogP contribution in [0.15, 0.2) is 66.7 Å². The summed E-state index contributed by atoms with van der Waals surface area (Å²) in [5, 5.41) is 13.8. The minimum Gasteiger partial charge on any atom is -0.387 e. The van der Waals surface area contributed by atoms with E-state index < -0.39 is 29.7 Å². The van der Waals surface area contributed by atoms with Gasteiger partial charge in [0.05, 0.1) is 24.0 Å². The van der Waals surface area contributed by atoms with Crippen LogP contribution in [0.3, 0.4) is 0 Å². The van der Waals surface area contributed by atoms with Gasteiger partial charge >= 0.3 is 12.4 Å². The minimum atomic E-state index is -4.81. The van der Waals surface area contributed by atoms with Gasteiger partial charge in [0.25, 0.3) is 0 Å². The fourth-order valence-electron chi connectivity index (χ4n) is 3.55. The molecule has 0 radical (unpaired) electrons. The number of nitrogens with zero attached hydrogens (tertiary/aromatic N) is 1. The van der Waals surface area contributed by atoms with Crippen LogP contribution < -0.4 is 5.32 Å². The van der Waals surface area contributed by atoms with Crippen molar-refractivity contribution in [2.45, 2.75) is 30.9 Å². The lowest BCUT2D eigenvalue weighted by Gasteiger charge is -2.21. The van der Waals surface area contributed by atoms with Crippen molar-refractivity contribution in [3.63, 3.8) is 0 Å². The van der Waals surface area contributed by atoms with Crippen molar-refractivity contribution in [3.8, 4) is 11.3 Å². The summed E-state index contributed by atoms with van der Waals surface area (Å²) in [6.07, 6.45) is -10.1. The zero-order chi connectivity index (χ0) is 25.6. The van der Waals surface area contributed by atoms with Crippen molar-refractivity contribution in [3.05, 3.63) is 89.1 Å². The maximum atomic E-state index is 13.5. The Morgan fingerprint density at radius 2 is 1.57 bits per heavy atom. The van der Waals surface area contributed by atoms with Gasteiger partial charge in [0.1, 0.15) is 5.69 Å². The first-order valence-electron chi connectivity index (χ1n) is 10.7. The fourth-order valence-corrected chi connectivity index (χ4v) is 3.55. The second kappa shape index (κ2) is 11.2. The van der Waals surface area contributed by atoms with Crippen LogP contribution in [-0.2, 0) is 23.5 Å². The van der Waals surface area contributed by atoms with E-state index >= 15 is 0 Å². The molecule has 0 saturated carbocycles. The van der Waals surface area contributed by atoms with Crippen molar-refractivity contribution < 1.29 is 36.2 Å². The molecule has 3 rings (SSSR count). The van der Waals surface area contributed by atoms with Crippen LogP contribution in [-0.4, -0.2) is 36.4 Å². The molecule has 0 bridgehead atoms. The number of aromatic nitrogens is 1. The van der Waals surface area contributed by atoms with E-state index in [-0.39, 0.29) is 29.4 Å². The highest BCUT2D eigenvalue weighted by Crippen LogP contribution is 2.34. The third-order valence-electron chi connectivity index (χ3n) is 5.32. The zero-order valence-corrected chi connectivity index (χ0v) is 18.7. The topological polar surface area (TPSA) is 54.4 Å². The quantitative estimate of drug-likeness (QED) is 0.374. The Labute approximate surface area is 198 Å². The average Bonchev–Trinajstić information content (AvgIpc) is 2.82. The molecule has 0 spiro atoms. The van der Waals surface area contributed by atoms with Gasteiger partial charge in [0, 0.05) is 25.3 Å². The summed E-state index contributed by atoms with van der Waals surface area (Å²) in [6, 6.07) is 14.9. The Bertz CT molecular complexity index is 1090. The number of hydrogen-bond acceptors (Lipinski definition) is 4. The van der Waals surface area contributed by atoms with Gasteiger partial charge in [-0.25, -0.2) is 4.98 Å². The summed E-state index contributed by atoms with van der Waals surface area (Å²) < 4.78 is 84.2. The SMILES string of the molecule is COCC(Cc1ccccc1)NC[C@@H](O)c1cc(-c2ccc(C(F)(F)F)cc2)nc(C(F)(F)F)c1. The first-order chi connectivity index (χ1) is 16.5. The molecule has 1 unspecified atom stereocenters. The molecule has 0 aliphatic carbocycles. The van der Waals surface area contributed by atoms with E-state index in [9.17, 15) is 31.4 Å². The van der Waals surface area contributed by atoms with Gasteiger partial charge in [-0.2, -0.15) is 26.3 Å². The number of ether oxygens (including phenoxy) is 1. The molecule has 0 aliphatic rings. The predicted molar refractivity (Wildman–Crippen MR) is 118 cm³/mol. The summed E-state index contributed by atoms with van der Waals surface area (Å²) in [5.41, 5.74) is -1.36. The smallest absolute Gasteiger partial charge is 0.387 e.